The molecule has 0 unspecified atom stereocenters. The lowest BCUT2D eigenvalue weighted by Gasteiger charge is -2.07. The van der Waals surface area contributed by atoms with Crippen LogP contribution in [0.4, 0.5) is 0 Å². The van der Waals surface area contributed by atoms with Crippen molar-refractivity contribution in [2.45, 2.75) is 51.4 Å². The summed E-state index contributed by atoms with van der Waals surface area (Å²) in [7, 11) is 1.55. The molecule has 0 amide bonds. The predicted molar refractivity (Wildman–Crippen MR) is 105 cm³/mol. The number of unbranched alkanes of at least 4 members (excludes halogenated alkanes) is 5. The Morgan fingerprint density at radius 3 is 2.15 bits per heavy atom. The fourth-order valence-corrected chi connectivity index (χ4v) is 3.14. The van der Waals surface area contributed by atoms with Gasteiger partial charge in [-0.25, -0.2) is 0 Å². The third-order valence-corrected chi connectivity index (χ3v) is 4.66. The van der Waals surface area contributed by atoms with Crippen molar-refractivity contribution >= 4 is 5.78 Å². The second-order valence-electron chi connectivity index (χ2n) is 6.72. The van der Waals surface area contributed by atoms with Gasteiger partial charge in [0.15, 0.2) is 17.3 Å². The first-order chi connectivity index (χ1) is 13.0. The molecule has 0 atom stereocenters. The first kappa shape index (κ1) is 20.6. The van der Waals surface area contributed by atoms with Crippen molar-refractivity contribution in [2.24, 2.45) is 0 Å². The number of carbonyl (C=O) groups is 1. The van der Waals surface area contributed by atoms with Gasteiger partial charge >= 0.3 is 0 Å². The summed E-state index contributed by atoms with van der Waals surface area (Å²) in [6.07, 6.45) is 7.31. The molecule has 5 heteroatoms. The fourth-order valence-electron chi connectivity index (χ4n) is 3.14. The van der Waals surface area contributed by atoms with Crippen LogP contribution in [0.5, 0.6) is 23.0 Å². The Morgan fingerprint density at radius 2 is 1.48 bits per heavy atom. The first-order valence-electron chi connectivity index (χ1n) is 9.43. The molecular weight excluding hydrogens is 344 g/mol. The monoisotopic (exact) mass is 372 g/mol. The number of aryl methyl sites for hydroxylation is 1. The molecule has 0 aliphatic heterocycles. The molecule has 27 heavy (non-hydrogen) atoms. The molecule has 2 aromatic carbocycles. The molecule has 0 spiro atoms. The third-order valence-electron chi connectivity index (χ3n) is 4.66. The van der Waals surface area contributed by atoms with E-state index in [-0.39, 0.29) is 28.6 Å². The molecule has 0 aliphatic rings. The minimum atomic E-state index is -0.216. The number of rotatable bonds is 11. The maximum absolute atomic E-state index is 12.1. The molecule has 146 valence electrons. The van der Waals surface area contributed by atoms with Crippen molar-refractivity contribution < 1.29 is 24.9 Å². The summed E-state index contributed by atoms with van der Waals surface area (Å²) in [6.45, 7) is 0. The van der Waals surface area contributed by atoms with Crippen LogP contribution in [0.25, 0.3) is 0 Å². The minimum absolute atomic E-state index is 0.0295. The molecule has 3 N–H and O–H groups in total. The minimum Gasteiger partial charge on any atom is -0.507 e. The number of phenolic OH excluding ortho intramolecular Hbond substituents is 3. The SMILES string of the molecule is COc1cc(CCCCCCCCC(=O)c2c(O)cccc2O)ccc1O. The number of methoxy groups -OCH3 is 1. The Kier molecular flexibility index (Phi) is 7.99. The van der Waals surface area contributed by atoms with Crippen molar-refractivity contribution in [1.82, 2.24) is 0 Å². The molecule has 5 nitrogen and oxygen atoms in total. The first-order valence-corrected chi connectivity index (χ1v) is 9.43. The van der Waals surface area contributed by atoms with Crippen LogP contribution in [0.15, 0.2) is 36.4 Å². The van der Waals surface area contributed by atoms with Crippen LogP contribution in [-0.4, -0.2) is 28.2 Å². The molecule has 0 saturated carbocycles. The number of hydrogen-bond donors (Lipinski definition) is 3. The molecule has 0 fully saturated rings. The molecule has 2 aromatic rings. The molecule has 0 heterocycles. The standard InChI is InChI=1S/C22H28O5/c1-27-21-15-16(13-14-17(21)23)9-6-4-2-3-5-7-10-18(24)22-19(25)11-8-12-20(22)26/h8,11-15,23,25-26H,2-7,9-10H2,1H3. The summed E-state index contributed by atoms with van der Waals surface area (Å²) in [6, 6.07) is 9.78. The summed E-state index contributed by atoms with van der Waals surface area (Å²) < 4.78 is 5.11. The number of hydrogen-bond acceptors (Lipinski definition) is 5. The Balaban J connectivity index is 1.59. The largest absolute Gasteiger partial charge is 0.507 e. The van der Waals surface area contributed by atoms with E-state index in [1.165, 1.54) is 18.2 Å². The summed E-state index contributed by atoms with van der Waals surface area (Å²) >= 11 is 0. The van der Waals surface area contributed by atoms with Crippen LogP contribution >= 0.6 is 0 Å². The number of phenols is 3. The summed E-state index contributed by atoms with van der Waals surface area (Å²) in [5, 5.41) is 29.0. The van der Waals surface area contributed by atoms with Crippen molar-refractivity contribution in [3.8, 4) is 23.0 Å². The van der Waals surface area contributed by atoms with Gasteiger partial charge in [0.25, 0.3) is 0 Å². The van der Waals surface area contributed by atoms with Crippen molar-refractivity contribution in [3.05, 3.63) is 47.5 Å². The molecule has 0 bridgehead atoms. The maximum Gasteiger partial charge on any atom is 0.170 e. The van der Waals surface area contributed by atoms with Crippen molar-refractivity contribution in [1.29, 1.82) is 0 Å². The molecule has 2 rings (SSSR count). The van der Waals surface area contributed by atoms with Crippen molar-refractivity contribution in [3.63, 3.8) is 0 Å². The lowest BCUT2D eigenvalue weighted by atomic mass is 10.0. The predicted octanol–water partition coefficient (Wildman–Crippen LogP) is 4.97. The smallest absolute Gasteiger partial charge is 0.170 e. The van der Waals surface area contributed by atoms with E-state index in [2.05, 4.69) is 0 Å². The summed E-state index contributed by atoms with van der Waals surface area (Å²) in [5.41, 5.74) is 1.18. The fraction of sp³-hybridized carbons (Fsp3) is 0.409. The van der Waals surface area contributed by atoms with Gasteiger partial charge in [-0.2, -0.15) is 0 Å². The van der Waals surface area contributed by atoms with Crippen LogP contribution in [0.3, 0.4) is 0 Å². The third kappa shape index (κ3) is 6.20. The molecule has 0 radical (unpaired) electrons. The number of benzene rings is 2. The number of aromatic hydroxyl groups is 3. The van der Waals surface area contributed by atoms with E-state index in [1.807, 2.05) is 12.1 Å². The van der Waals surface area contributed by atoms with E-state index in [0.29, 0.717) is 12.2 Å². The number of ether oxygens (including phenoxy) is 1. The zero-order chi connectivity index (χ0) is 19.6. The number of ketones is 1. The highest BCUT2D eigenvalue weighted by Crippen LogP contribution is 2.28. The van der Waals surface area contributed by atoms with Gasteiger partial charge in [0.05, 0.1) is 7.11 Å². The Morgan fingerprint density at radius 1 is 0.852 bits per heavy atom. The van der Waals surface area contributed by atoms with Crippen LogP contribution < -0.4 is 4.74 Å². The van der Waals surface area contributed by atoms with Crippen LogP contribution in [0.2, 0.25) is 0 Å². The van der Waals surface area contributed by atoms with Gasteiger partial charge in [-0.1, -0.05) is 37.8 Å². The van der Waals surface area contributed by atoms with Crippen LogP contribution in [-0.2, 0) is 6.42 Å². The van der Waals surface area contributed by atoms with E-state index in [9.17, 15) is 20.1 Å². The number of carbonyl (C=O) groups excluding carboxylic acids is 1. The van der Waals surface area contributed by atoms with Crippen LogP contribution in [0, 0.1) is 0 Å². The highest BCUT2D eigenvalue weighted by molar-refractivity contribution is 6.01. The van der Waals surface area contributed by atoms with Gasteiger partial charge in [-0.15, -0.1) is 0 Å². The van der Waals surface area contributed by atoms with Crippen LogP contribution in [0.1, 0.15) is 60.9 Å². The second-order valence-corrected chi connectivity index (χ2v) is 6.72. The molecule has 0 aromatic heterocycles. The maximum atomic E-state index is 12.1. The zero-order valence-corrected chi connectivity index (χ0v) is 15.8. The Labute approximate surface area is 160 Å². The van der Waals surface area contributed by atoms with E-state index in [1.54, 1.807) is 13.2 Å². The molecule has 0 aliphatic carbocycles. The van der Waals surface area contributed by atoms with E-state index < -0.39 is 0 Å². The second kappa shape index (κ2) is 10.5. The van der Waals surface area contributed by atoms with Crippen molar-refractivity contribution in [2.75, 3.05) is 7.11 Å². The molecule has 0 saturated heterocycles. The normalized spacial score (nSPS) is 10.7. The van der Waals surface area contributed by atoms with Gasteiger partial charge < -0.3 is 20.1 Å². The Bertz CT molecular complexity index is 734. The molecular formula is C22H28O5. The average Bonchev–Trinajstić information content (AvgIpc) is 2.65. The van der Waals surface area contributed by atoms with Gasteiger partial charge in [0.2, 0.25) is 0 Å². The summed E-state index contributed by atoms with van der Waals surface area (Å²) in [4.78, 5) is 12.1. The van der Waals surface area contributed by atoms with Gasteiger partial charge in [-0.3, -0.25) is 4.79 Å². The van der Waals surface area contributed by atoms with E-state index in [4.69, 9.17) is 4.74 Å². The summed E-state index contributed by atoms with van der Waals surface area (Å²) in [5.74, 6) is 0.129. The quantitative estimate of drug-likeness (QED) is 0.383. The lowest BCUT2D eigenvalue weighted by molar-refractivity contribution is 0.0973. The van der Waals surface area contributed by atoms with Gasteiger partial charge in [-0.05, 0) is 49.1 Å². The van der Waals surface area contributed by atoms with Gasteiger partial charge in [0, 0.05) is 6.42 Å². The average molecular weight is 372 g/mol. The van der Waals surface area contributed by atoms with E-state index in [0.717, 1.165) is 50.5 Å². The lowest BCUT2D eigenvalue weighted by Crippen LogP contribution is -2.00. The van der Waals surface area contributed by atoms with Gasteiger partial charge in [0.1, 0.15) is 17.1 Å². The topological polar surface area (TPSA) is 87.0 Å². The Hall–Kier alpha value is -2.69. The van der Waals surface area contributed by atoms with E-state index >= 15 is 0 Å². The number of Topliss-reactive ketones (excluding diaryl/α,β-unsaturated/α-hetero) is 1. The zero-order valence-electron chi connectivity index (χ0n) is 15.8. The highest BCUT2D eigenvalue weighted by Gasteiger charge is 2.15. The highest BCUT2D eigenvalue weighted by atomic mass is 16.5.